The van der Waals surface area contributed by atoms with Gasteiger partial charge in [0.2, 0.25) is 0 Å². The molecule has 2 atom stereocenters. The predicted molar refractivity (Wildman–Crippen MR) is 76.1 cm³/mol. The molecule has 2 nitrogen and oxygen atoms in total. The molecule has 1 saturated carbocycles. The maximum atomic E-state index is 9.88. The van der Waals surface area contributed by atoms with Gasteiger partial charge in [-0.15, -0.1) is 0 Å². The van der Waals surface area contributed by atoms with E-state index in [2.05, 4.69) is 5.32 Å². The maximum Gasteiger partial charge on any atom is 0.0637 e. The number of rotatable bonds is 4. The number of benzene rings is 1. The van der Waals surface area contributed by atoms with Crippen molar-refractivity contribution in [2.75, 3.05) is 6.54 Å². The van der Waals surface area contributed by atoms with Gasteiger partial charge in [-0.3, -0.25) is 0 Å². The second-order valence-corrected chi connectivity index (χ2v) is 5.74. The van der Waals surface area contributed by atoms with Crippen LogP contribution in [0.5, 0.6) is 0 Å². The number of halogens is 2. The first-order chi connectivity index (χ1) is 8.68. The summed E-state index contributed by atoms with van der Waals surface area (Å²) in [6.45, 7) is 1.53. The second kappa shape index (κ2) is 6.76. The minimum Gasteiger partial charge on any atom is -0.393 e. The molecule has 4 heteroatoms. The Balaban J connectivity index is 1.83. The fourth-order valence-corrected chi connectivity index (χ4v) is 2.89. The molecule has 0 saturated heterocycles. The Morgan fingerprint density at radius 1 is 1.22 bits per heavy atom. The molecule has 1 aliphatic rings. The first-order valence-corrected chi connectivity index (χ1v) is 7.25. The number of aliphatic hydroxyl groups excluding tert-OH is 1. The number of nitrogens with one attached hydrogen (secondary N) is 1. The summed E-state index contributed by atoms with van der Waals surface area (Å²) < 4.78 is 0. The van der Waals surface area contributed by atoms with Crippen LogP contribution in [0.25, 0.3) is 0 Å². The summed E-state index contributed by atoms with van der Waals surface area (Å²) >= 11 is 12.1. The third-order valence-electron chi connectivity index (χ3n) is 3.62. The molecule has 0 aromatic heterocycles. The van der Waals surface area contributed by atoms with Crippen molar-refractivity contribution in [2.45, 2.75) is 38.3 Å². The minimum atomic E-state index is -0.152. The van der Waals surface area contributed by atoms with E-state index in [1.165, 1.54) is 6.42 Å². The van der Waals surface area contributed by atoms with Gasteiger partial charge in [0.1, 0.15) is 0 Å². The molecule has 1 fully saturated rings. The van der Waals surface area contributed by atoms with E-state index in [1.54, 1.807) is 6.07 Å². The smallest absolute Gasteiger partial charge is 0.0637 e. The number of hydrogen-bond acceptors (Lipinski definition) is 2. The number of aliphatic hydroxyl groups is 1. The van der Waals surface area contributed by atoms with E-state index in [4.69, 9.17) is 23.2 Å². The van der Waals surface area contributed by atoms with E-state index in [0.29, 0.717) is 22.5 Å². The van der Waals surface area contributed by atoms with E-state index in [0.717, 1.165) is 31.4 Å². The van der Waals surface area contributed by atoms with Crippen LogP contribution in [0.1, 0.15) is 31.2 Å². The van der Waals surface area contributed by atoms with Crippen LogP contribution in [0.15, 0.2) is 18.2 Å². The summed E-state index contributed by atoms with van der Waals surface area (Å²) in [5.41, 5.74) is 1.01. The van der Waals surface area contributed by atoms with Crippen molar-refractivity contribution in [1.82, 2.24) is 5.32 Å². The standard InChI is InChI=1S/C14H19Cl2NO/c15-12-6-3-5-11(14(12)16)9-17-8-10-4-1-2-7-13(10)18/h3,5-6,10,13,17-18H,1-2,4,7-9H2. The zero-order valence-corrected chi connectivity index (χ0v) is 11.8. The topological polar surface area (TPSA) is 32.3 Å². The molecule has 0 spiro atoms. The molecule has 1 aromatic rings. The van der Waals surface area contributed by atoms with Gasteiger partial charge in [0.25, 0.3) is 0 Å². The second-order valence-electron chi connectivity index (χ2n) is 4.96. The average Bonchev–Trinajstić information content (AvgIpc) is 2.37. The van der Waals surface area contributed by atoms with E-state index in [9.17, 15) is 5.11 Å². The summed E-state index contributed by atoms with van der Waals surface area (Å²) in [4.78, 5) is 0. The van der Waals surface area contributed by atoms with Crippen molar-refractivity contribution in [2.24, 2.45) is 5.92 Å². The van der Waals surface area contributed by atoms with Crippen molar-refractivity contribution in [3.8, 4) is 0 Å². The largest absolute Gasteiger partial charge is 0.393 e. The summed E-state index contributed by atoms with van der Waals surface area (Å²) in [6, 6.07) is 5.66. The third kappa shape index (κ3) is 3.61. The molecule has 1 aliphatic carbocycles. The molecule has 0 radical (unpaired) electrons. The van der Waals surface area contributed by atoms with E-state index >= 15 is 0 Å². The molecule has 100 valence electrons. The molecule has 2 rings (SSSR count). The summed E-state index contributed by atoms with van der Waals surface area (Å²) in [7, 11) is 0. The van der Waals surface area contributed by atoms with Gasteiger partial charge in [0.15, 0.2) is 0 Å². The lowest BCUT2D eigenvalue weighted by atomic mass is 9.86. The average molecular weight is 288 g/mol. The Morgan fingerprint density at radius 3 is 2.78 bits per heavy atom. The Kier molecular flexibility index (Phi) is 5.31. The van der Waals surface area contributed by atoms with Crippen molar-refractivity contribution in [1.29, 1.82) is 0 Å². The van der Waals surface area contributed by atoms with Crippen LogP contribution in [0.2, 0.25) is 10.0 Å². The highest BCUT2D eigenvalue weighted by Gasteiger charge is 2.22. The maximum absolute atomic E-state index is 9.88. The lowest BCUT2D eigenvalue weighted by molar-refractivity contribution is 0.0695. The Bertz CT molecular complexity index is 397. The fraction of sp³-hybridized carbons (Fsp3) is 0.571. The SMILES string of the molecule is OC1CCCCC1CNCc1cccc(Cl)c1Cl. The monoisotopic (exact) mass is 287 g/mol. The molecule has 0 bridgehead atoms. The van der Waals surface area contributed by atoms with Crippen LogP contribution < -0.4 is 5.32 Å². The van der Waals surface area contributed by atoms with Crippen LogP contribution in [-0.2, 0) is 6.54 Å². The highest BCUT2D eigenvalue weighted by Crippen LogP contribution is 2.26. The van der Waals surface area contributed by atoms with Crippen LogP contribution in [0.3, 0.4) is 0 Å². The Hall–Kier alpha value is -0.280. The molecule has 0 heterocycles. The lowest BCUT2D eigenvalue weighted by Crippen LogP contribution is -2.33. The van der Waals surface area contributed by atoms with Gasteiger partial charge < -0.3 is 10.4 Å². The third-order valence-corrected chi connectivity index (χ3v) is 4.48. The van der Waals surface area contributed by atoms with Crippen LogP contribution >= 0.6 is 23.2 Å². The van der Waals surface area contributed by atoms with E-state index in [-0.39, 0.29) is 6.10 Å². The summed E-state index contributed by atoms with van der Waals surface area (Å²) in [6.07, 6.45) is 4.27. The first-order valence-electron chi connectivity index (χ1n) is 6.50. The van der Waals surface area contributed by atoms with Crippen LogP contribution in [0.4, 0.5) is 0 Å². The Labute approximate surface area is 118 Å². The van der Waals surface area contributed by atoms with E-state index in [1.807, 2.05) is 12.1 Å². The van der Waals surface area contributed by atoms with Crippen molar-refractivity contribution in [3.63, 3.8) is 0 Å². The van der Waals surface area contributed by atoms with Gasteiger partial charge >= 0.3 is 0 Å². The fourth-order valence-electron chi connectivity index (χ4n) is 2.50. The minimum absolute atomic E-state index is 0.152. The molecule has 2 N–H and O–H groups in total. The van der Waals surface area contributed by atoms with Crippen LogP contribution in [0, 0.1) is 5.92 Å². The van der Waals surface area contributed by atoms with Gasteiger partial charge in [-0.05, 0) is 30.4 Å². The van der Waals surface area contributed by atoms with E-state index < -0.39 is 0 Å². The van der Waals surface area contributed by atoms with Gasteiger partial charge in [0.05, 0.1) is 16.1 Å². The molecule has 1 aromatic carbocycles. The molecular weight excluding hydrogens is 269 g/mol. The predicted octanol–water partition coefficient (Wildman–Crippen LogP) is 3.63. The van der Waals surface area contributed by atoms with Crippen molar-refractivity contribution in [3.05, 3.63) is 33.8 Å². The Morgan fingerprint density at radius 2 is 2.00 bits per heavy atom. The molecule has 0 aliphatic heterocycles. The zero-order chi connectivity index (χ0) is 13.0. The van der Waals surface area contributed by atoms with Gasteiger partial charge in [-0.2, -0.15) is 0 Å². The molecule has 2 unspecified atom stereocenters. The van der Waals surface area contributed by atoms with Gasteiger partial charge in [-0.1, -0.05) is 48.2 Å². The summed E-state index contributed by atoms with van der Waals surface area (Å²) in [5.74, 6) is 0.372. The molecule has 0 amide bonds. The van der Waals surface area contributed by atoms with Crippen LogP contribution in [-0.4, -0.2) is 17.8 Å². The lowest BCUT2D eigenvalue weighted by Gasteiger charge is -2.27. The van der Waals surface area contributed by atoms with Crippen molar-refractivity contribution >= 4 is 23.2 Å². The normalized spacial score (nSPS) is 24.2. The molecular formula is C14H19Cl2NO. The highest BCUT2D eigenvalue weighted by molar-refractivity contribution is 6.42. The van der Waals surface area contributed by atoms with Gasteiger partial charge in [0, 0.05) is 13.1 Å². The van der Waals surface area contributed by atoms with Crippen molar-refractivity contribution < 1.29 is 5.11 Å². The highest BCUT2D eigenvalue weighted by atomic mass is 35.5. The number of hydrogen-bond donors (Lipinski definition) is 2. The zero-order valence-electron chi connectivity index (χ0n) is 10.3. The first kappa shape index (κ1) is 14.1. The van der Waals surface area contributed by atoms with Gasteiger partial charge in [-0.25, -0.2) is 0 Å². The quantitative estimate of drug-likeness (QED) is 0.886. The molecule has 18 heavy (non-hydrogen) atoms. The summed E-state index contributed by atoms with van der Waals surface area (Å²) in [5, 5.41) is 14.5.